The minimum absolute atomic E-state index is 0.0146. The van der Waals surface area contributed by atoms with Crippen LogP contribution in [0.2, 0.25) is 0 Å². The zero-order chi connectivity index (χ0) is 19.8. The number of H-pyrrole nitrogens is 1. The third-order valence-electron chi connectivity index (χ3n) is 4.66. The Morgan fingerprint density at radius 2 is 1.82 bits per heavy atom. The van der Waals surface area contributed by atoms with E-state index in [0.29, 0.717) is 22.4 Å². The summed E-state index contributed by atoms with van der Waals surface area (Å²) in [4.78, 5) is 39.0. The lowest BCUT2D eigenvalue weighted by Gasteiger charge is -2.15. The molecular weight excluding hydrogens is 364 g/mol. The highest BCUT2D eigenvalue weighted by atomic mass is 16.5. The van der Waals surface area contributed by atoms with Crippen molar-refractivity contribution in [2.45, 2.75) is 12.6 Å². The van der Waals surface area contributed by atoms with Crippen molar-refractivity contribution in [2.24, 2.45) is 0 Å². The van der Waals surface area contributed by atoms with Gasteiger partial charge in [-0.05, 0) is 23.8 Å². The largest absolute Gasteiger partial charge is 0.497 e. The number of aromatic hydroxyl groups is 1. The summed E-state index contributed by atoms with van der Waals surface area (Å²) in [5.41, 5.74) is -0.267. The fraction of sp³-hybridized carbons (Fsp3) is 0.150. The van der Waals surface area contributed by atoms with Crippen LogP contribution in [-0.2, 0) is 11.3 Å². The number of carbonyl (C=O) groups excluding carboxylic acids is 1. The number of nitrogens with one attached hydrogen (secondary N) is 1. The second-order valence-electron chi connectivity index (χ2n) is 6.30. The minimum Gasteiger partial charge on any atom is -0.497 e. The second-order valence-corrected chi connectivity index (χ2v) is 6.30. The number of ether oxygens (including phenoxy) is 2. The van der Waals surface area contributed by atoms with Gasteiger partial charge in [0.15, 0.2) is 6.10 Å². The van der Waals surface area contributed by atoms with E-state index in [2.05, 4.69) is 4.98 Å². The predicted octanol–water partition coefficient (Wildman–Crippen LogP) is 1.56. The van der Waals surface area contributed by atoms with E-state index in [1.165, 1.54) is 0 Å². The van der Waals surface area contributed by atoms with Gasteiger partial charge in [-0.3, -0.25) is 14.3 Å². The Labute approximate surface area is 158 Å². The SMILES string of the molecule is COc1ccc(Cn2c(O)c([C@@H]3OC(=O)c4ccccc43)c(=O)[nH]c2=O)cc1. The number of cyclic esters (lactones) is 1. The van der Waals surface area contributed by atoms with Gasteiger partial charge in [-0.25, -0.2) is 9.59 Å². The van der Waals surface area contributed by atoms with Crippen LogP contribution in [0.5, 0.6) is 11.6 Å². The highest BCUT2D eigenvalue weighted by Gasteiger charge is 2.36. The molecule has 142 valence electrons. The number of methoxy groups -OCH3 is 1. The average molecular weight is 380 g/mol. The van der Waals surface area contributed by atoms with Crippen LogP contribution < -0.4 is 16.0 Å². The Morgan fingerprint density at radius 3 is 2.54 bits per heavy atom. The van der Waals surface area contributed by atoms with Gasteiger partial charge in [0, 0.05) is 5.56 Å². The van der Waals surface area contributed by atoms with Gasteiger partial charge in [-0.1, -0.05) is 30.3 Å². The van der Waals surface area contributed by atoms with Gasteiger partial charge in [-0.2, -0.15) is 0 Å². The van der Waals surface area contributed by atoms with E-state index in [9.17, 15) is 19.5 Å². The summed E-state index contributed by atoms with van der Waals surface area (Å²) in [6.45, 7) is 0.0146. The van der Waals surface area contributed by atoms with E-state index >= 15 is 0 Å². The summed E-state index contributed by atoms with van der Waals surface area (Å²) in [6, 6.07) is 13.5. The van der Waals surface area contributed by atoms with Crippen LogP contribution in [0.3, 0.4) is 0 Å². The molecule has 8 heteroatoms. The Balaban J connectivity index is 1.80. The van der Waals surface area contributed by atoms with Gasteiger partial charge in [0.05, 0.1) is 19.2 Å². The summed E-state index contributed by atoms with van der Waals surface area (Å²) >= 11 is 0. The first-order valence-corrected chi connectivity index (χ1v) is 8.48. The molecule has 0 spiro atoms. The van der Waals surface area contributed by atoms with Crippen molar-refractivity contribution >= 4 is 5.97 Å². The smallest absolute Gasteiger partial charge is 0.339 e. The monoisotopic (exact) mass is 380 g/mol. The molecule has 1 aliphatic rings. The lowest BCUT2D eigenvalue weighted by atomic mass is 10.0. The maximum absolute atomic E-state index is 12.4. The molecule has 8 nitrogen and oxygen atoms in total. The number of rotatable bonds is 4. The molecular formula is C20H16N2O6. The van der Waals surface area contributed by atoms with E-state index < -0.39 is 29.2 Å². The van der Waals surface area contributed by atoms with Crippen molar-refractivity contribution < 1.29 is 19.4 Å². The molecule has 0 saturated carbocycles. The first-order valence-electron chi connectivity index (χ1n) is 8.48. The van der Waals surface area contributed by atoms with Crippen LogP contribution >= 0.6 is 0 Å². The number of benzene rings is 2. The molecule has 1 aliphatic heterocycles. The van der Waals surface area contributed by atoms with Gasteiger partial charge in [0.1, 0.15) is 11.3 Å². The topological polar surface area (TPSA) is 111 Å². The fourth-order valence-corrected chi connectivity index (χ4v) is 3.23. The summed E-state index contributed by atoms with van der Waals surface area (Å²) in [7, 11) is 1.54. The normalized spacial score (nSPS) is 15.2. The van der Waals surface area contributed by atoms with Crippen molar-refractivity contribution in [2.75, 3.05) is 7.11 Å². The number of nitrogens with zero attached hydrogens (tertiary/aromatic N) is 1. The van der Waals surface area contributed by atoms with Gasteiger partial charge < -0.3 is 14.6 Å². The molecule has 0 saturated heterocycles. The maximum atomic E-state index is 12.4. The summed E-state index contributed by atoms with van der Waals surface area (Å²) in [5, 5.41) is 10.7. The van der Waals surface area contributed by atoms with Crippen molar-refractivity contribution in [1.82, 2.24) is 9.55 Å². The first kappa shape index (κ1) is 17.6. The molecule has 2 N–H and O–H groups in total. The van der Waals surface area contributed by atoms with Gasteiger partial charge in [-0.15, -0.1) is 0 Å². The standard InChI is InChI=1S/C20H16N2O6/c1-27-12-8-6-11(7-9-12)10-22-18(24)15(17(23)21-20(22)26)16-13-4-2-3-5-14(13)19(25)28-16/h2-9,16,24H,10H2,1H3,(H,21,23,26)/t16-/m1/s1. The molecule has 3 aromatic rings. The zero-order valence-electron chi connectivity index (χ0n) is 14.8. The average Bonchev–Trinajstić information content (AvgIpc) is 3.02. The number of carbonyl (C=O) groups is 1. The molecule has 4 rings (SSSR count). The highest BCUT2D eigenvalue weighted by Crippen LogP contribution is 2.37. The fourth-order valence-electron chi connectivity index (χ4n) is 3.23. The van der Waals surface area contributed by atoms with Crippen molar-refractivity contribution in [3.8, 4) is 11.6 Å². The highest BCUT2D eigenvalue weighted by molar-refractivity contribution is 5.94. The van der Waals surface area contributed by atoms with E-state index in [-0.39, 0.29) is 12.1 Å². The number of aromatic amines is 1. The Morgan fingerprint density at radius 1 is 1.11 bits per heavy atom. The van der Waals surface area contributed by atoms with Crippen molar-refractivity contribution in [3.05, 3.63) is 91.6 Å². The molecule has 0 unspecified atom stereocenters. The number of hydrogen-bond donors (Lipinski definition) is 2. The second kappa shape index (κ2) is 6.73. The van der Waals surface area contributed by atoms with E-state index in [1.807, 2.05) is 0 Å². The van der Waals surface area contributed by atoms with Gasteiger partial charge in [0.25, 0.3) is 5.56 Å². The maximum Gasteiger partial charge on any atom is 0.339 e. The first-order chi connectivity index (χ1) is 13.5. The number of esters is 1. The molecule has 1 aromatic heterocycles. The lowest BCUT2D eigenvalue weighted by Crippen LogP contribution is -2.33. The predicted molar refractivity (Wildman–Crippen MR) is 98.8 cm³/mol. The molecule has 0 aliphatic carbocycles. The summed E-state index contributed by atoms with van der Waals surface area (Å²) in [5.74, 6) is -0.483. The molecule has 28 heavy (non-hydrogen) atoms. The number of aromatic nitrogens is 2. The molecule has 0 amide bonds. The third-order valence-corrected chi connectivity index (χ3v) is 4.66. The number of fused-ring (bicyclic) bond motifs is 1. The molecule has 0 fully saturated rings. The van der Waals surface area contributed by atoms with Crippen LogP contribution in [0.4, 0.5) is 0 Å². The van der Waals surface area contributed by atoms with Crippen LogP contribution in [0.25, 0.3) is 0 Å². The van der Waals surface area contributed by atoms with Gasteiger partial charge in [0.2, 0.25) is 5.88 Å². The quantitative estimate of drug-likeness (QED) is 0.665. The Kier molecular flexibility index (Phi) is 4.23. The summed E-state index contributed by atoms with van der Waals surface area (Å²) in [6.07, 6.45) is -1.09. The Bertz CT molecular complexity index is 1180. The van der Waals surface area contributed by atoms with Gasteiger partial charge >= 0.3 is 11.7 Å². The molecule has 0 bridgehead atoms. The molecule has 1 atom stereocenters. The lowest BCUT2D eigenvalue weighted by molar-refractivity contribution is 0.0448. The van der Waals surface area contributed by atoms with Crippen LogP contribution in [0, 0.1) is 0 Å². The van der Waals surface area contributed by atoms with Crippen molar-refractivity contribution in [1.29, 1.82) is 0 Å². The Hall–Kier alpha value is -3.81. The van der Waals surface area contributed by atoms with Crippen LogP contribution in [0.1, 0.15) is 33.2 Å². The minimum atomic E-state index is -1.09. The summed E-state index contributed by atoms with van der Waals surface area (Å²) < 4.78 is 11.4. The third kappa shape index (κ3) is 2.84. The molecule has 0 radical (unpaired) electrons. The molecule has 2 aromatic carbocycles. The van der Waals surface area contributed by atoms with E-state index in [4.69, 9.17) is 9.47 Å². The number of hydrogen-bond acceptors (Lipinski definition) is 6. The van der Waals surface area contributed by atoms with E-state index in [1.54, 1.807) is 55.6 Å². The van der Waals surface area contributed by atoms with Crippen molar-refractivity contribution in [3.63, 3.8) is 0 Å². The molecule has 2 heterocycles. The van der Waals surface area contributed by atoms with Crippen LogP contribution in [-0.4, -0.2) is 27.7 Å². The van der Waals surface area contributed by atoms with E-state index in [0.717, 1.165) is 4.57 Å². The van der Waals surface area contributed by atoms with Crippen LogP contribution in [0.15, 0.2) is 58.1 Å². The zero-order valence-corrected chi connectivity index (χ0v) is 14.8.